The molecule has 0 unspecified atom stereocenters. The highest BCUT2D eigenvalue weighted by atomic mass is 16.4. The first-order valence-electron chi connectivity index (χ1n) is 5.50. The molecule has 0 saturated heterocycles. The second kappa shape index (κ2) is 5.01. The zero-order chi connectivity index (χ0) is 12.3. The van der Waals surface area contributed by atoms with Gasteiger partial charge in [0, 0.05) is 12.7 Å². The van der Waals surface area contributed by atoms with Crippen molar-refractivity contribution in [3.8, 4) is 0 Å². The Hall–Kier alpha value is -1.51. The zero-order valence-electron chi connectivity index (χ0n) is 10.3. The minimum absolute atomic E-state index is 0.458. The van der Waals surface area contributed by atoms with Crippen LogP contribution in [0, 0.1) is 13.8 Å². The minimum atomic E-state index is -0.772. The first kappa shape index (κ1) is 12.6. The van der Waals surface area contributed by atoms with Crippen LogP contribution in [0.2, 0.25) is 0 Å². The van der Waals surface area contributed by atoms with Crippen LogP contribution in [0.15, 0.2) is 18.2 Å². The van der Waals surface area contributed by atoms with Crippen molar-refractivity contribution in [2.24, 2.45) is 0 Å². The van der Waals surface area contributed by atoms with E-state index in [2.05, 4.69) is 0 Å². The summed E-state index contributed by atoms with van der Waals surface area (Å²) in [4.78, 5) is 12.9. The van der Waals surface area contributed by atoms with Gasteiger partial charge in [-0.25, -0.2) is 4.79 Å². The van der Waals surface area contributed by atoms with Crippen molar-refractivity contribution in [1.82, 2.24) is 0 Å². The predicted octanol–water partition coefficient (Wildman–Crippen LogP) is 2.60. The van der Waals surface area contributed by atoms with Crippen molar-refractivity contribution in [2.45, 2.75) is 33.2 Å². The molecule has 88 valence electrons. The van der Waals surface area contributed by atoms with Crippen LogP contribution in [-0.2, 0) is 4.79 Å². The largest absolute Gasteiger partial charge is 0.480 e. The van der Waals surface area contributed by atoms with Crippen molar-refractivity contribution in [3.05, 3.63) is 29.3 Å². The Balaban J connectivity index is 3.08. The number of carboxylic acids is 1. The summed E-state index contributed by atoms with van der Waals surface area (Å²) >= 11 is 0. The van der Waals surface area contributed by atoms with Crippen molar-refractivity contribution < 1.29 is 9.90 Å². The number of likely N-dealkylation sites (N-methyl/N-ethyl adjacent to an activating group) is 1. The molecule has 1 aromatic rings. The topological polar surface area (TPSA) is 40.5 Å². The molecule has 0 aliphatic carbocycles. The Morgan fingerprint density at radius 1 is 1.44 bits per heavy atom. The van der Waals surface area contributed by atoms with Crippen molar-refractivity contribution in [1.29, 1.82) is 0 Å². The van der Waals surface area contributed by atoms with Crippen LogP contribution < -0.4 is 4.90 Å². The van der Waals surface area contributed by atoms with E-state index in [1.54, 1.807) is 0 Å². The molecular weight excluding hydrogens is 202 g/mol. The van der Waals surface area contributed by atoms with Gasteiger partial charge in [-0.15, -0.1) is 0 Å². The summed E-state index contributed by atoms with van der Waals surface area (Å²) in [5.74, 6) is -0.772. The normalized spacial score (nSPS) is 12.2. The molecule has 16 heavy (non-hydrogen) atoms. The van der Waals surface area contributed by atoms with Gasteiger partial charge in [-0.05, 0) is 37.5 Å². The van der Waals surface area contributed by atoms with Gasteiger partial charge >= 0.3 is 5.97 Å². The molecule has 0 spiro atoms. The van der Waals surface area contributed by atoms with E-state index in [-0.39, 0.29) is 0 Å². The molecule has 0 aromatic heterocycles. The summed E-state index contributed by atoms with van der Waals surface area (Å²) in [6.45, 7) is 5.95. The molecule has 0 fully saturated rings. The zero-order valence-corrected chi connectivity index (χ0v) is 10.3. The van der Waals surface area contributed by atoms with Crippen molar-refractivity contribution in [3.63, 3.8) is 0 Å². The molecule has 1 atom stereocenters. The smallest absolute Gasteiger partial charge is 0.326 e. The fourth-order valence-electron chi connectivity index (χ4n) is 1.90. The van der Waals surface area contributed by atoms with Crippen LogP contribution in [0.4, 0.5) is 5.69 Å². The lowest BCUT2D eigenvalue weighted by molar-refractivity contribution is -0.138. The number of aliphatic carboxylic acids is 1. The van der Waals surface area contributed by atoms with E-state index in [1.807, 2.05) is 50.9 Å². The van der Waals surface area contributed by atoms with Crippen LogP contribution in [-0.4, -0.2) is 24.2 Å². The maximum atomic E-state index is 11.1. The third-order valence-electron chi connectivity index (χ3n) is 3.10. The van der Waals surface area contributed by atoms with Gasteiger partial charge in [0.15, 0.2) is 0 Å². The molecule has 0 aliphatic heterocycles. The van der Waals surface area contributed by atoms with E-state index < -0.39 is 12.0 Å². The number of nitrogens with zero attached hydrogens (tertiary/aromatic N) is 1. The number of hydrogen-bond donors (Lipinski definition) is 1. The van der Waals surface area contributed by atoms with E-state index in [9.17, 15) is 4.79 Å². The molecule has 3 nitrogen and oxygen atoms in total. The van der Waals surface area contributed by atoms with Crippen molar-refractivity contribution >= 4 is 11.7 Å². The Kier molecular flexibility index (Phi) is 3.93. The van der Waals surface area contributed by atoms with Gasteiger partial charge in [-0.2, -0.15) is 0 Å². The highest BCUT2D eigenvalue weighted by Gasteiger charge is 2.21. The van der Waals surface area contributed by atoms with E-state index in [4.69, 9.17) is 5.11 Å². The summed E-state index contributed by atoms with van der Waals surface area (Å²) in [5.41, 5.74) is 3.32. The quantitative estimate of drug-likeness (QED) is 0.849. The van der Waals surface area contributed by atoms with Gasteiger partial charge in [-0.1, -0.05) is 19.1 Å². The average molecular weight is 221 g/mol. The van der Waals surface area contributed by atoms with E-state index in [0.29, 0.717) is 6.42 Å². The van der Waals surface area contributed by atoms with Crippen LogP contribution >= 0.6 is 0 Å². The summed E-state index contributed by atoms with van der Waals surface area (Å²) in [6, 6.07) is 5.51. The van der Waals surface area contributed by atoms with Crippen LogP contribution in [0.25, 0.3) is 0 Å². The third kappa shape index (κ3) is 2.35. The number of hydrogen-bond acceptors (Lipinski definition) is 2. The second-order valence-electron chi connectivity index (χ2n) is 4.09. The molecule has 1 rings (SSSR count). The molecule has 0 radical (unpaired) electrons. The molecule has 0 heterocycles. The molecule has 1 N–H and O–H groups in total. The summed E-state index contributed by atoms with van der Waals surface area (Å²) in [6.07, 6.45) is 0.596. The number of anilines is 1. The number of rotatable bonds is 4. The Morgan fingerprint density at radius 2 is 2.06 bits per heavy atom. The van der Waals surface area contributed by atoms with Crippen LogP contribution in [0.3, 0.4) is 0 Å². The third-order valence-corrected chi connectivity index (χ3v) is 3.10. The first-order valence-corrected chi connectivity index (χ1v) is 5.50. The summed E-state index contributed by atoms with van der Waals surface area (Å²) in [5, 5.41) is 9.12. The predicted molar refractivity (Wildman–Crippen MR) is 66.0 cm³/mol. The lowest BCUT2D eigenvalue weighted by Crippen LogP contribution is -2.38. The van der Waals surface area contributed by atoms with Crippen LogP contribution in [0.5, 0.6) is 0 Å². The van der Waals surface area contributed by atoms with Crippen LogP contribution in [0.1, 0.15) is 24.5 Å². The van der Waals surface area contributed by atoms with E-state index >= 15 is 0 Å². The summed E-state index contributed by atoms with van der Waals surface area (Å²) < 4.78 is 0. The molecule has 1 aromatic carbocycles. The molecule has 3 heteroatoms. The van der Waals surface area contributed by atoms with Gasteiger partial charge in [-0.3, -0.25) is 0 Å². The maximum Gasteiger partial charge on any atom is 0.326 e. The van der Waals surface area contributed by atoms with Gasteiger partial charge in [0.25, 0.3) is 0 Å². The summed E-state index contributed by atoms with van der Waals surface area (Å²) in [7, 11) is 1.84. The fraction of sp³-hybridized carbons (Fsp3) is 0.462. The molecule has 0 bridgehead atoms. The highest BCUT2D eigenvalue weighted by molar-refractivity contribution is 5.78. The monoisotopic (exact) mass is 221 g/mol. The van der Waals surface area contributed by atoms with Gasteiger partial charge in [0.2, 0.25) is 0 Å². The van der Waals surface area contributed by atoms with E-state index in [1.165, 1.54) is 5.56 Å². The average Bonchev–Trinajstić information content (AvgIpc) is 2.22. The SMILES string of the molecule is CC[C@@H](C(=O)O)N(C)c1cccc(C)c1C. The molecule has 0 saturated carbocycles. The van der Waals surface area contributed by atoms with E-state index in [0.717, 1.165) is 11.3 Å². The molecule has 0 amide bonds. The number of carboxylic acid groups (broad SMARTS) is 1. The first-order chi connectivity index (χ1) is 7.49. The lowest BCUT2D eigenvalue weighted by atomic mass is 10.1. The molecular formula is C13H19NO2. The lowest BCUT2D eigenvalue weighted by Gasteiger charge is -2.27. The number of benzene rings is 1. The number of aryl methyl sites for hydroxylation is 1. The standard InChI is InChI=1S/C13H19NO2/c1-5-11(13(15)16)14(4)12-8-6-7-9(2)10(12)3/h6-8,11H,5H2,1-4H3,(H,15,16)/t11-/m0/s1. The Morgan fingerprint density at radius 3 is 2.56 bits per heavy atom. The second-order valence-corrected chi connectivity index (χ2v) is 4.09. The van der Waals surface area contributed by atoms with Gasteiger partial charge < -0.3 is 10.0 Å². The molecule has 0 aliphatic rings. The Labute approximate surface area is 96.7 Å². The maximum absolute atomic E-state index is 11.1. The number of carbonyl (C=O) groups is 1. The highest BCUT2D eigenvalue weighted by Crippen LogP contribution is 2.24. The van der Waals surface area contributed by atoms with Gasteiger partial charge in [0.05, 0.1) is 0 Å². The minimum Gasteiger partial charge on any atom is -0.480 e. The van der Waals surface area contributed by atoms with Crippen molar-refractivity contribution in [2.75, 3.05) is 11.9 Å². The fourth-order valence-corrected chi connectivity index (χ4v) is 1.90. The Bertz CT molecular complexity index is 388. The van der Waals surface area contributed by atoms with Gasteiger partial charge in [0.1, 0.15) is 6.04 Å².